The number of nitroso groups, excluding NO2 is 1. The molecule has 1 N–H and O–H groups in total. The molecule has 0 aliphatic rings. The summed E-state index contributed by atoms with van der Waals surface area (Å²) in [7, 11) is 0. The Morgan fingerprint density at radius 2 is 1.70 bits per heavy atom. The number of hydrogen-bond donors (Lipinski definition) is 1. The third-order valence-corrected chi connectivity index (χ3v) is 3.25. The van der Waals surface area contributed by atoms with E-state index in [1.165, 1.54) is 6.07 Å². The van der Waals surface area contributed by atoms with Gasteiger partial charge in [0.05, 0.1) is 22.2 Å². The van der Waals surface area contributed by atoms with Crippen molar-refractivity contribution in [3.8, 4) is 0 Å². The molecule has 0 saturated carbocycles. The molecule has 2 aromatic rings. The molecule has 0 bridgehead atoms. The van der Waals surface area contributed by atoms with E-state index in [0.717, 1.165) is 16.1 Å². The van der Waals surface area contributed by atoms with E-state index in [4.69, 9.17) is 0 Å². The molecule has 0 aromatic heterocycles. The minimum absolute atomic E-state index is 0.0352. The van der Waals surface area contributed by atoms with Gasteiger partial charge in [-0.05, 0) is 43.2 Å². The fourth-order valence-corrected chi connectivity index (χ4v) is 2.02. The Morgan fingerprint density at radius 1 is 1.05 bits per heavy atom. The second-order valence-electron chi connectivity index (χ2n) is 4.43. The fraction of sp³-hybridized carbons (Fsp3) is 0.133. The first-order chi connectivity index (χ1) is 9.56. The SMILES string of the molecule is Cc1cccc(N(N=O)c2ccccc2C(=O)O)c1C. The molecule has 0 atom stereocenters. The number of aromatic carboxylic acids is 1. The lowest BCUT2D eigenvalue weighted by Crippen LogP contribution is -2.14. The van der Waals surface area contributed by atoms with E-state index in [9.17, 15) is 14.8 Å². The highest BCUT2D eigenvalue weighted by Crippen LogP contribution is 2.32. The van der Waals surface area contributed by atoms with Gasteiger partial charge in [0.1, 0.15) is 0 Å². The van der Waals surface area contributed by atoms with Crippen molar-refractivity contribution in [2.75, 3.05) is 5.01 Å². The van der Waals surface area contributed by atoms with Crippen molar-refractivity contribution in [2.24, 2.45) is 5.29 Å². The van der Waals surface area contributed by atoms with Crippen LogP contribution in [0.3, 0.4) is 0 Å². The number of aryl methyl sites for hydroxylation is 1. The first-order valence-corrected chi connectivity index (χ1v) is 6.08. The zero-order valence-corrected chi connectivity index (χ0v) is 11.2. The van der Waals surface area contributed by atoms with E-state index in [1.54, 1.807) is 30.3 Å². The number of hydrogen-bond acceptors (Lipinski definition) is 3. The van der Waals surface area contributed by atoms with E-state index in [-0.39, 0.29) is 11.3 Å². The van der Waals surface area contributed by atoms with E-state index >= 15 is 0 Å². The monoisotopic (exact) mass is 270 g/mol. The van der Waals surface area contributed by atoms with E-state index in [0.29, 0.717) is 5.69 Å². The van der Waals surface area contributed by atoms with Gasteiger partial charge in [-0.1, -0.05) is 24.3 Å². The summed E-state index contributed by atoms with van der Waals surface area (Å²) < 4.78 is 0. The van der Waals surface area contributed by atoms with Gasteiger partial charge in [0.25, 0.3) is 0 Å². The number of carbonyl (C=O) groups is 1. The molecule has 20 heavy (non-hydrogen) atoms. The quantitative estimate of drug-likeness (QED) is 0.677. The maximum Gasteiger partial charge on any atom is 0.337 e. The number of rotatable bonds is 4. The molecular formula is C15H14N2O3. The predicted octanol–water partition coefficient (Wildman–Crippen LogP) is 3.82. The maximum absolute atomic E-state index is 11.3. The lowest BCUT2D eigenvalue weighted by atomic mass is 10.1. The van der Waals surface area contributed by atoms with Gasteiger partial charge < -0.3 is 5.11 Å². The second-order valence-corrected chi connectivity index (χ2v) is 4.43. The molecule has 0 radical (unpaired) electrons. The Labute approximate surface area is 116 Å². The Hall–Kier alpha value is -2.69. The van der Waals surface area contributed by atoms with E-state index in [1.807, 2.05) is 19.9 Å². The molecule has 0 fully saturated rings. The summed E-state index contributed by atoms with van der Waals surface area (Å²) in [5, 5.41) is 13.3. The standard InChI is InChI=1S/C15H14N2O3/c1-10-6-5-9-13(11(10)2)17(16-20)14-8-4-3-7-12(14)15(18)19/h3-9H,1-2H3,(H,18,19). The first-order valence-electron chi connectivity index (χ1n) is 6.08. The smallest absolute Gasteiger partial charge is 0.337 e. The number of nitrogens with zero attached hydrogens (tertiary/aromatic N) is 2. The van der Waals surface area contributed by atoms with Crippen molar-refractivity contribution < 1.29 is 9.90 Å². The van der Waals surface area contributed by atoms with Crippen LogP contribution in [-0.2, 0) is 0 Å². The molecule has 0 saturated heterocycles. The molecule has 0 spiro atoms. The van der Waals surface area contributed by atoms with Crippen LogP contribution in [0.25, 0.3) is 0 Å². The minimum atomic E-state index is -1.10. The summed E-state index contributed by atoms with van der Waals surface area (Å²) in [6.07, 6.45) is 0. The Kier molecular flexibility index (Phi) is 3.79. The Bertz CT molecular complexity index is 668. The molecule has 0 amide bonds. The number of para-hydroxylation sites is 1. The molecule has 5 heteroatoms. The molecular weight excluding hydrogens is 256 g/mol. The minimum Gasteiger partial charge on any atom is -0.478 e. The molecule has 0 unspecified atom stereocenters. The second kappa shape index (κ2) is 5.52. The van der Waals surface area contributed by atoms with Crippen molar-refractivity contribution in [1.29, 1.82) is 0 Å². The van der Waals surface area contributed by atoms with Crippen molar-refractivity contribution in [3.63, 3.8) is 0 Å². The lowest BCUT2D eigenvalue weighted by molar-refractivity contribution is 0.0697. The van der Waals surface area contributed by atoms with Crippen LogP contribution in [0.4, 0.5) is 11.4 Å². The maximum atomic E-state index is 11.3. The predicted molar refractivity (Wildman–Crippen MR) is 77.3 cm³/mol. The first kappa shape index (κ1) is 13.7. The number of anilines is 2. The number of carboxylic acids is 1. The summed E-state index contributed by atoms with van der Waals surface area (Å²) in [6, 6.07) is 11.8. The topological polar surface area (TPSA) is 70.0 Å². The highest BCUT2D eigenvalue weighted by molar-refractivity contribution is 5.95. The van der Waals surface area contributed by atoms with Gasteiger partial charge in [-0.25, -0.2) is 4.79 Å². The highest BCUT2D eigenvalue weighted by Gasteiger charge is 2.19. The average molecular weight is 270 g/mol. The summed E-state index contributed by atoms with van der Waals surface area (Å²) in [5.74, 6) is -1.10. The fourth-order valence-electron chi connectivity index (χ4n) is 2.02. The number of benzene rings is 2. The van der Waals surface area contributed by atoms with Gasteiger partial charge in [-0.3, -0.25) is 0 Å². The molecule has 5 nitrogen and oxygen atoms in total. The van der Waals surface area contributed by atoms with Crippen LogP contribution in [0.15, 0.2) is 47.8 Å². The average Bonchev–Trinajstić information content (AvgIpc) is 2.44. The summed E-state index contributed by atoms with van der Waals surface area (Å²) >= 11 is 0. The summed E-state index contributed by atoms with van der Waals surface area (Å²) in [4.78, 5) is 22.5. The molecule has 102 valence electrons. The van der Waals surface area contributed by atoms with Gasteiger partial charge in [-0.2, -0.15) is 5.01 Å². The molecule has 0 heterocycles. The van der Waals surface area contributed by atoms with Crippen LogP contribution in [0.2, 0.25) is 0 Å². The number of carboxylic acid groups (broad SMARTS) is 1. The normalized spacial score (nSPS) is 10.1. The van der Waals surface area contributed by atoms with Crippen molar-refractivity contribution in [1.82, 2.24) is 0 Å². The Balaban J connectivity index is 2.62. The molecule has 0 aliphatic carbocycles. The van der Waals surface area contributed by atoms with Gasteiger partial charge in [0.15, 0.2) is 0 Å². The molecule has 2 rings (SSSR count). The third-order valence-electron chi connectivity index (χ3n) is 3.25. The van der Waals surface area contributed by atoms with Gasteiger partial charge in [0, 0.05) is 0 Å². The van der Waals surface area contributed by atoms with Crippen LogP contribution in [-0.4, -0.2) is 11.1 Å². The van der Waals surface area contributed by atoms with Crippen LogP contribution in [0.1, 0.15) is 21.5 Å². The van der Waals surface area contributed by atoms with Crippen LogP contribution < -0.4 is 5.01 Å². The largest absolute Gasteiger partial charge is 0.478 e. The molecule has 0 aliphatic heterocycles. The van der Waals surface area contributed by atoms with Crippen LogP contribution in [0, 0.1) is 18.8 Å². The lowest BCUT2D eigenvalue weighted by Gasteiger charge is -2.20. The van der Waals surface area contributed by atoms with Gasteiger partial charge in [-0.15, -0.1) is 4.91 Å². The van der Waals surface area contributed by atoms with E-state index in [2.05, 4.69) is 5.29 Å². The zero-order chi connectivity index (χ0) is 14.7. The van der Waals surface area contributed by atoms with Crippen molar-refractivity contribution >= 4 is 17.3 Å². The van der Waals surface area contributed by atoms with Gasteiger partial charge >= 0.3 is 5.97 Å². The van der Waals surface area contributed by atoms with Crippen molar-refractivity contribution in [3.05, 3.63) is 64.1 Å². The summed E-state index contributed by atoms with van der Waals surface area (Å²) in [6.45, 7) is 3.79. The highest BCUT2D eigenvalue weighted by atomic mass is 16.4. The summed E-state index contributed by atoms with van der Waals surface area (Å²) in [5.41, 5.74) is 2.75. The zero-order valence-electron chi connectivity index (χ0n) is 11.2. The Morgan fingerprint density at radius 3 is 2.35 bits per heavy atom. The third kappa shape index (κ3) is 2.38. The van der Waals surface area contributed by atoms with Crippen molar-refractivity contribution in [2.45, 2.75) is 13.8 Å². The van der Waals surface area contributed by atoms with E-state index < -0.39 is 5.97 Å². The van der Waals surface area contributed by atoms with Crippen LogP contribution in [0.5, 0.6) is 0 Å². The van der Waals surface area contributed by atoms with Crippen LogP contribution >= 0.6 is 0 Å². The molecule has 2 aromatic carbocycles. The van der Waals surface area contributed by atoms with Gasteiger partial charge in [0.2, 0.25) is 0 Å².